The van der Waals surface area contributed by atoms with Crippen LogP contribution in [0.4, 0.5) is 4.39 Å². The van der Waals surface area contributed by atoms with Gasteiger partial charge in [-0.05, 0) is 40.2 Å². The number of aromatic carboxylic acids is 1. The summed E-state index contributed by atoms with van der Waals surface area (Å²) < 4.78 is 19.2. The standard InChI is InChI=1S/C12H6BrClFNO3/c13-6-3-10(15)11(16-5-6)19-7-1-2-9(14)8(4-7)12(17)18/h1-5H,(H,17,18). The van der Waals surface area contributed by atoms with Crippen molar-refractivity contribution >= 4 is 33.5 Å². The first kappa shape index (κ1) is 13.8. The van der Waals surface area contributed by atoms with E-state index in [2.05, 4.69) is 20.9 Å². The zero-order valence-electron chi connectivity index (χ0n) is 9.23. The van der Waals surface area contributed by atoms with Gasteiger partial charge in [-0.3, -0.25) is 0 Å². The van der Waals surface area contributed by atoms with Crippen LogP contribution in [-0.4, -0.2) is 16.1 Å². The van der Waals surface area contributed by atoms with Gasteiger partial charge in [-0.1, -0.05) is 11.6 Å². The molecule has 0 spiro atoms. The van der Waals surface area contributed by atoms with Crippen LogP contribution in [0.5, 0.6) is 11.6 Å². The molecule has 2 aromatic rings. The Morgan fingerprint density at radius 1 is 1.42 bits per heavy atom. The van der Waals surface area contributed by atoms with Crippen LogP contribution in [0.3, 0.4) is 0 Å². The number of halogens is 3. The van der Waals surface area contributed by atoms with Crippen molar-refractivity contribution in [2.24, 2.45) is 0 Å². The minimum absolute atomic E-state index is 0.0732. The minimum atomic E-state index is -1.19. The van der Waals surface area contributed by atoms with Crippen LogP contribution in [0, 0.1) is 5.82 Å². The molecule has 19 heavy (non-hydrogen) atoms. The van der Waals surface area contributed by atoms with Gasteiger partial charge in [0.15, 0.2) is 5.82 Å². The maximum absolute atomic E-state index is 13.5. The number of carbonyl (C=O) groups is 1. The van der Waals surface area contributed by atoms with Gasteiger partial charge in [0.1, 0.15) is 5.75 Å². The predicted molar refractivity (Wildman–Crippen MR) is 70.4 cm³/mol. The van der Waals surface area contributed by atoms with Crippen molar-refractivity contribution in [1.82, 2.24) is 4.98 Å². The first-order chi connectivity index (χ1) is 8.97. The van der Waals surface area contributed by atoms with Crippen molar-refractivity contribution in [3.63, 3.8) is 0 Å². The van der Waals surface area contributed by atoms with Gasteiger partial charge in [-0.2, -0.15) is 0 Å². The summed E-state index contributed by atoms with van der Waals surface area (Å²) >= 11 is 8.78. The fraction of sp³-hybridized carbons (Fsp3) is 0. The van der Waals surface area contributed by atoms with Crippen LogP contribution >= 0.6 is 27.5 Å². The summed E-state index contributed by atoms with van der Waals surface area (Å²) in [5.41, 5.74) is -0.128. The lowest BCUT2D eigenvalue weighted by Crippen LogP contribution is -1.99. The second-order valence-electron chi connectivity index (χ2n) is 3.49. The normalized spacial score (nSPS) is 10.3. The molecule has 1 aromatic heterocycles. The van der Waals surface area contributed by atoms with E-state index in [1.54, 1.807) is 0 Å². The average molecular weight is 347 g/mol. The molecule has 0 aliphatic rings. The first-order valence-corrected chi connectivity index (χ1v) is 6.16. The van der Waals surface area contributed by atoms with Gasteiger partial charge >= 0.3 is 5.97 Å². The molecule has 0 amide bonds. The monoisotopic (exact) mass is 345 g/mol. The number of carboxylic acid groups (broad SMARTS) is 1. The maximum atomic E-state index is 13.5. The molecule has 0 atom stereocenters. The SMILES string of the molecule is O=C(O)c1cc(Oc2ncc(Br)cc2F)ccc1Cl. The Labute approximate surface area is 120 Å². The van der Waals surface area contributed by atoms with Crippen molar-refractivity contribution in [1.29, 1.82) is 0 Å². The molecule has 1 heterocycles. The van der Waals surface area contributed by atoms with Gasteiger partial charge in [0.2, 0.25) is 0 Å². The van der Waals surface area contributed by atoms with E-state index in [4.69, 9.17) is 21.4 Å². The van der Waals surface area contributed by atoms with Crippen molar-refractivity contribution in [2.45, 2.75) is 0 Å². The molecular formula is C12H6BrClFNO3. The summed E-state index contributed by atoms with van der Waals surface area (Å²) in [5, 5.41) is 8.98. The van der Waals surface area contributed by atoms with Crippen molar-refractivity contribution < 1.29 is 19.0 Å². The molecule has 0 aliphatic heterocycles. The lowest BCUT2D eigenvalue weighted by molar-refractivity contribution is 0.0696. The van der Waals surface area contributed by atoms with E-state index in [0.29, 0.717) is 4.47 Å². The van der Waals surface area contributed by atoms with Gasteiger partial charge < -0.3 is 9.84 Å². The van der Waals surface area contributed by atoms with E-state index < -0.39 is 11.8 Å². The average Bonchev–Trinajstić information content (AvgIpc) is 2.34. The fourth-order valence-electron chi connectivity index (χ4n) is 1.32. The Hall–Kier alpha value is -1.66. The van der Waals surface area contributed by atoms with Crippen molar-refractivity contribution in [3.05, 3.63) is 51.3 Å². The minimum Gasteiger partial charge on any atom is -0.478 e. The van der Waals surface area contributed by atoms with Crippen molar-refractivity contribution in [3.8, 4) is 11.6 Å². The summed E-state index contributed by atoms with van der Waals surface area (Å²) in [7, 11) is 0. The van der Waals surface area contributed by atoms with Crippen LogP contribution in [0.2, 0.25) is 5.02 Å². The Balaban J connectivity index is 2.33. The van der Waals surface area contributed by atoms with Crippen LogP contribution in [0.1, 0.15) is 10.4 Å². The third kappa shape index (κ3) is 3.21. The van der Waals surface area contributed by atoms with Crippen molar-refractivity contribution in [2.75, 3.05) is 0 Å². The fourth-order valence-corrected chi connectivity index (χ4v) is 1.82. The highest BCUT2D eigenvalue weighted by Gasteiger charge is 2.12. The van der Waals surface area contributed by atoms with E-state index in [1.165, 1.54) is 30.5 Å². The number of aromatic nitrogens is 1. The number of ether oxygens (including phenoxy) is 1. The molecule has 0 saturated heterocycles. The summed E-state index contributed by atoms with van der Waals surface area (Å²) in [4.78, 5) is 14.6. The highest BCUT2D eigenvalue weighted by molar-refractivity contribution is 9.10. The molecular weight excluding hydrogens is 340 g/mol. The largest absolute Gasteiger partial charge is 0.478 e. The number of benzene rings is 1. The third-order valence-electron chi connectivity index (χ3n) is 2.16. The summed E-state index contributed by atoms with van der Waals surface area (Å²) in [6.07, 6.45) is 1.37. The second kappa shape index (κ2) is 5.54. The quantitative estimate of drug-likeness (QED) is 0.908. The number of rotatable bonds is 3. The summed E-state index contributed by atoms with van der Waals surface area (Å²) in [6.45, 7) is 0. The van der Waals surface area contributed by atoms with Crippen LogP contribution in [-0.2, 0) is 0 Å². The maximum Gasteiger partial charge on any atom is 0.337 e. The zero-order chi connectivity index (χ0) is 14.0. The molecule has 7 heteroatoms. The van der Waals surface area contributed by atoms with Gasteiger partial charge in [-0.25, -0.2) is 14.2 Å². The van der Waals surface area contributed by atoms with Gasteiger partial charge in [0, 0.05) is 10.7 Å². The molecule has 4 nitrogen and oxygen atoms in total. The summed E-state index contributed by atoms with van der Waals surface area (Å²) in [6, 6.07) is 5.18. The number of carboxylic acids is 1. The van der Waals surface area contributed by atoms with E-state index in [1.807, 2.05) is 0 Å². The van der Waals surface area contributed by atoms with Gasteiger partial charge in [-0.15, -0.1) is 0 Å². The molecule has 1 N–H and O–H groups in total. The van der Waals surface area contributed by atoms with Crippen LogP contribution in [0.25, 0.3) is 0 Å². The predicted octanol–water partition coefficient (Wildman–Crippen LogP) is 4.13. The van der Waals surface area contributed by atoms with Crippen LogP contribution < -0.4 is 4.74 Å². The molecule has 2 rings (SSSR count). The molecule has 0 fully saturated rings. The number of hydrogen-bond donors (Lipinski definition) is 1. The molecule has 98 valence electrons. The molecule has 1 aromatic carbocycles. The lowest BCUT2D eigenvalue weighted by Gasteiger charge is -2.07. The molecule has 0 aliphatic carbocycles. The molecule has 0 bridgehead atoms. The Bertz CT molecular complexity index is 651. The lowest BCUT2D eigenvalue weighted by atomic mass is 10.2. The van der Waals surface area contributed by atoms with Crippen LogP contribution in [0.15, 0.2) is 34.9 Å². The number of hydrogen-bond acceptors (Lipinski definition) is 3. The van der Waals surface area contributed by atoms with Gasteiger partial charge in [0.05, 0.1) is 10.6 Å². The zero-order valence-corrected chi connectivity index (χ0v) is 11.6. The smallest absolute Gasteiger partial charge is 0.337 e. The number of nitrogens with zero attached hydrogens (tertiary/aromatic N) is 1. The first-order valence-electron chi connectivity index (χ1n) is 4.99. The molecule has 0 saturated carbocycles. The summed E-state index contributed by atoms with van der Waals surface area (Å²) in [5.74, 6) is -1.97. The third-order valence-corrected chi connectivity index (χ3v) is 2.92. The number of pyridine rings is 1. The Kier molecular flexibility index (Phi) is 4.01. The highest BCUT2D eigenvalue weighted by atomic mass is 79.9. The highest BCUT2D eigenvalue weighted by Crippen LogP contribution is 2.27. The van der Waals surface area contributed by atoms with E-state index in [-0.39, 0.29) is 22.2 Å². The topological polar surface area (TPSA) is 59.4 Å². The Morgan fingerprint density at radius 3 is 2.79 bits per heavy atom. The molecule has 0 radical (unpaired) electrons. The van der Waals surface area contributed by atoms with E-state index >= 15 is 0 Å². The molecule has 0 unspecified atom stereocenters. The van der Waals surface area contributed by atoms with E-state index in [9.17, 15) is 9.18 Å². The van der Waals surface area contributed by atoms with E-state index in [0.717, 1.165) is 0 Å². The Morgan fingerprint density at radius 2 is 2.16 bits per heavy atom. The second-order valence-corrected chi connectivity index (χ2v) is 4.81. The van der Waals surface area contributed by atoms with Gasteiger partial charge in [0.25, 0.3) is 5.88 Å².